The fourth-order valence-corrected chi connectivity index (χ4v) is 3.05. The molecule has 0 aliphatic heterocycles. The van der Waals surface area contributed by atoms with Gasteiger partial charge in [0, 0.05) is 17.0 Å². The Morgan fingerprint density at radius 2 is 2.04 bits per heavy atom. The number of halogens is 2. The molecule has 0 saturated carbocycles. The average molecular weight is 517 g/mol. The maximum Gasteiger partial charge on any atom is 0.308 e. The summed E-state index contributed by atoms with van der Waals surface area (Å²) in [5, 5.41) is 3.95. The molecule has 0 fully saturated rings. The number of carbonyl (C=O) groups excluding carboxylic acids is 2. The molecule has 25 heavy (non-hydrogen) atoms. The number of rotatable bonds is 5. The number of nitrogens with one attached hydrogen (secondary N) is 1. The van der Waals surface area contributed by atoms with E-state index < -0.39 is 5.97 Å². The topological polar surface area (TPSA) is 77.0 Å². The Morgan fingerprint density at radius 1 is 1.28 bits per heavy atom. The van der Waals surface area contributed by atoms with Crippen molar-refractivity contribution in [1.82, 2.24) is 5.43 Å². The summed E-state index contributed by atoms with van der Waals surface area (Å²) in [6, 6.07) is 10.4. The summed E-state index contributed by atoms with van der Waals surface area (Å²) in [5.74, 6) is 0.00227. The summed E-state index contributed by atoms with van der Waals surface area (Å²) in [7, 11) is 1.48. The molecule has 2 aromatic rings. The molecule has 2 aromatic carbocycles. The zero-order valence-corrected chi connectivity index (χ0v) is 17.1. The van der Waals surface area contributed by atoms with Crippen molar-refractivity contribution in [2.75, 3.05) is 7.11 Å². The molecule has 0 atom stereocenters. The van der Waals surface area contributed by atoms with Crippen molar-refractivity contribution in [2.24, 2.45) is 5.10 Å². The van der Waals surface area contributed by atoms with Crippen molar-refractivity contribution < 1.29 is 19.1 Å². The quantitative estimate of drug-likeness (QED) is 0.216. The summed E-state index contributed by atoms with van der Waals surface area (Å²) in [5.41, 5.74) is 3.64. The molecule has 6 nitrogen and oxygen atoms in total. The molecule has 0 unspecified atom stereocenters. The minimum atomic E-state index is -0.432. The molecule has 1 amide bonds. The number of ether oxygens (including phenoxy) is 2. The van der Waals surface area contributed by atoms with Gasteiger partial charge in [-0.25, -0.2) is 5.43 Å². The van der Waals surface area contributed by atoms with Crippen LogP contribution in [0.3, 0.4) is 0 Å². The number of carbonyl (C=O) groups is 2. The van der Waals surface area contributed by atoms with Crippen LogP contribution in [0.15, 0.2) is 46.0 Å². The van der Waals surface area contributed by atoms with Crippen molar-refractivity contribution >= 4 is 56.6 Å². The first-order valence-corrected chi connectivity index (χ1v) is 8.93. The fourth-order valence-electron chi connectivity index (χ4n) is 1.92. The van der Waals surface area contributed by atoms with E-state index in [-0.39, 0.29) is 5.91 Å². The predicted octanol–water partition coefficient (Wildman–Crippen LogP) is 3.75. The van der Waals surface area contributed by atoms with Gasteiger partial charge in [-0.15, -0.1) is 0 Å². The molecular formula is C17H14BrIN2O4. The van der Waals surface area contributed by atoms with Gasteiger partial charge in [0.05, 0.1) is 16.9 Å². The number of benzene rings is 2. The molecule has 2 rings (SSSR count). The number of hydrogen-bond donors (Lipinski definition) is 1. The van der Waals surface area contributed by atoms with E-state index in [4.69, 9.17) is 9.47 Å². The van der Waals surface area contributed by atoms with Gasteiger partial charge in [-0.1, -0.05) is 22.0 Å². The van der Waals surface area contributed by atoms with Crippen LogP contribution in [0.25, 0.3) is 0 Å². The number of hydrogen-bond acceptors (Lipinski definition) is 5. The third-order valence-corrected chi connectivity index (χ3v) is 4.26. The van der Waals surface area contributed by atoms with E-state index in [2.05, 4.69) is 26.5 Å². The summed E-state index contributed by atoms with van der Waals surface area (Å²) >= 11 is 5.35. The van der Waals surface area contributed by atoms with Crippen LogP contribution in [-0.2, 0) is 4.79 Å². The van der Waals surface area contributed by atoms with Crippen molar-refractivity contribution in [3.63, 3.8) is 0 Å². The number of esters is 1. The van der Waals surface area contributed by atoms with E-state index in [9.17, 15) is 9.59 Å². The standard InChI is InChI=1S/C17H14BrIN2O4/c1-10(22)25-16-14(19)6-11(7-15(16)24-2)9-20-21-17(23)12-4-3-5-13(18)8-12/h3-9H,1-2H3,(H,21,23)/b20-9-. The minimum absolute atomic E-state index is 0.323. The molecule has 0 radical (unpaired) electrons. The molecule has 1 N–H and O–H groups in total. The highest BCUT2D eigenvalue weighted by Crippen LogP contribution is 2.33. The summed E-state index contributed by atoms with van der Waals surface area (Å²) < 4.78 is 11.9. The van der Waals surface area contributed by atoms with Gasteiger partial charge >= 0.3 is 5.97 Å². The van der Waals surface area contributed by atoms with Crippen LogP contribution in [0, 0.1) is 3.57 Å². The van der Waals surface area contributed by atoms with Crippen molar-refractivity contribution in [2.45, 2.75) is 6.92 Å². The van der Waals surface area contributed by atoms with Crippen LogP contribution >= 0.6 is 38.5 Å². The van der Waals surface area contributed by atoms with Gasteiger partial charge in [-0.3, -0.25) is 9.59 Å². The van der Waals surface area contributed by atoms with Gasteiger partial charge in [0.2, 0.25) is 0 Å². The monoisotopic (exact) mass is 516 g/mol. The lowest BCUT2D eigenvalue weighted by atomic mass is 10.2. The molecule has 0 aromatic heterocycles. The summed E-state index contributed by atoms with van der Waals surface area (Å²) in [6.07, 6.45) is 1.48. The van der Waals surface area contributed by atoms with Crippen LogP contribution < -0.4 is 14.9 Å². The van der Waals surface area contributed by atoms with Crippen LogP contribution in [-0.4, -0.2) is 25.2 Å². The van der Waals surface area contributed by atoms with E-state index in [1.165, 1.54) is 20.2 Å². The first-order valence-electron chi connectivity index (χ1n) is 7.05. The normalized spacial score (nSPS) is 10.6. The highest BCUT2D eigenvalue weighted by atomic mass is 127. The highest BCUT2D eigenvalue weighted by Gasteiger charge is 2.13. The van der Waals surface area contributed by atoms with Crippen LogP contribution in [0.4, 0.5) is 0 Å². The molecule has 0 spiro atoms. The Balaban J connectivity index is 2.14. The maximum absolute atomic E-state index is 12.0. The van der Waals surface area contributed by atoms with Crippen molar-refractivity contribution in [3.8, 4) is 11.5 Å². The average Bonchev–Trinajstić information content (AvgIpc) is 2.56. The lowest BCUT2D eigenvalue weighted by molar-refractivity contribution is -0.132. The van der Waals surface area contributed by atoms with Crippen LogP contribution in [0.5, 0.6) is 11.5 Å². The molecule has 0 heterocycles. The van der Waals surface area contributed by atoms with Gasteiger partial charge in [-0.05, 0) is 58.5 Å². The predicted molar refractivity (Wildman–Crippen MR) is 106 cm³/mol. The van der Waals surface area contributed by atoms with E-state index in [1.807, 2.05) is 28.7 Å². The van der Waals surface area contributed by atoms with Gasteiger partial charge in [0.25, 0.3) is 5.91 Å². The Bertz CT molecular complexity index is 839. The van der Waals surface area contributed by atoms with Gasteiger partial charge in [-0.2, -0.15) is 5.10 Å². The number of hydrazone groups is 1. The fraction of sp³-hybridized carbons (Fsp3) is 0.118. The van der Waals surface area contributed by atoms with Crippen molar-refractivity contribution in [1.29, 1.82) is 0 Å². The number of methoxy groups -OCH3 is 1. The first-order chi connectivity index (χ1) is 11.9. The SMILES string of the molecule is COc1cc(/C=N\NC(=O)c2cccc(Br)c2)cc(I)c1OC(C)=O. The van der Waals surface area contributed by atoms with Gasteiger partial charge in [0.15, 0.2) is 11.5 Å². The van der Waals surface area contributed by atoms with E-state index >= 15 is 0 Å². The Hall–Kier alpha value is -1.94. The van der Waals surface area contributed by atoms with Gasteiger partial charge < -0.3 is 9.47 Å². The molecule has 130 valence electrons. The zero-order chi connectivity index (χ0) is 18.4. The lowest BCUT2D eigenvalue weighted by Crippen LogP contribution is -2.17. The third-order valence-electron chi connectivity index (χ3n) is 2.96. The summed E-state index contributed by atoms with van der Waals surface area (Å²) in [6.45, 7) is 1.32. The zero-order valence-electron chi connectivity index (χ0n) is 13.4. The minimum Gasteiger partial charge on any atom is -0.493 e. The summed E-state index contributed by atoms with van der Waals surface area (Å²) in [4.78, 5) is 23.2. The smallest absolute Gasteiger partial charge is 0.308 e. The van der Waals surface area contributed by atoms with Crippen LogP contribution in [0.1, 0.15) is 22.8 Å². The van der Waals surface area contributed by atoms with E-state index in [1.54, 1.807) is 30.3 Å². The van der Waals surface area contributed by atoms with E-state index in [0.29, 0.717) is 26.2 Å². The van der Waals surface area contributed by atoms with E-state index in [0.717, 1.165) is 4.47 Å². The number of amides is 1. The Labute approximate surface area is 166 Å². The molecule has 0 aliphatic carbocycles. The molecule has 8 heteroatoms. The second-order valence-corrected chi connectivity index (χ2v) is 6.92. The Morgan fingerprint density at radius 3 is 2.68 bits per heavy atom. The lowest BCUT2D eigenvalue weighted by Gasteiger charge is -2.10. The van der Waals surface area contributed by atoms with Gasteiger partial charge in [0.1, 0.15) is 0 Å². The highest BCUT2D eigenvalue weighted by molar-refractivity contribution is 14.1. The molecule has 0 saturated heterocycles. The first kappa shape index (κ1) is 19.4. The van der Waals surface area contributed by atoms with Crippen LogP contribution in [0.2, 0.25) is 0 Å². The molecule has 0 aliphatic rings. The second-order valence-electron chi connectivity index (χ2n) is 4.84. The largest absolute Gasteiger partial charge is 0.493 e. The molecule has 0 bridgehead atoms. The number of nitrogens with zero attached hydrogens (tertiary/aromatic N) is 1. The third kappa shape index (κ3) is 5.53. The maximum atomic E-state index is 12.0. The second kappa shape index (κ2) is 8.95. The molecular weight excluding hydrogens is 503 g/mol. The Kier molecular flexibility index (Phi) is 6.94. The van der Waals surface area contributed by atoms with Crippen molar-refractivity contribution in [3.05, 3.63) is 55.6 Å².